The largest absolute Gasteiger partial charge is 0.416 e. The fourth-order valence-corrected chi connectivity index (χ4v) is 1.29. The first kappa shape index (κ1) is 12.4. The lowest BCUT2D eigenvalue weighted by Crippen LogP contribution is -2.04. The van der Waals surface area contributed by atoms with E-state index in [0.29, 0.717) is 10.9 Å². The third-order valence-corrected chi connectivity index (χ3v) is 2.18. The zero-order chi connectivity index (χ0) is 11.5. The van der Waals surface area contributed by atoms with Crippen molar-refractivity contribution in [1.29, 1.82) is 0 Å². The molecule has 0 atom stereocenters. The lowest BCUT2D eigenvalue weighted by molar-refractivity contribution is -0.137. The van der Waals surface area contributed by atoms with E-state index in [0.717, 1.165) is 12.1 Å². The van der Waals surface area contributed by atoms with Crippen LogP contribution in [0.3, 0.4) is 0 Å². The zero-order valence-electron chi connectivity index (χ0n) is 7.33. The molecule has 1 rings (SSSR count). The summed E-state index contributed by atoms with van der Waals surface area (Å²) in [6, 6.07) is 3.10. The Kier molecular flexibility index (Phi) is 4.06. The maximum absolute atomic E-state index is 12.2. The van der Waals surface area contributed by atoms with Crippen LogP contribution < -0.4 is 0 Å². The summed E-state index contributed by atoms with van der Waals surface area (Å²) in [5.74, 6) is 5.31. The minimum atomic E-state index is -4.37. The Morgan fingerprint density at radius 1 is 1.33 bits per heavy atom. The van der Waals surface area contributed by atoms with E-state index >= 15 is 0 Å². The van der Waals surface area contributed by atoms with Crippen LogP contribution in [0.4, 0.5) is 13.2 Å². The maximum Gasteiger partial charge on any atom is 0.416 e. The Hall–Kier alpha value is -0.660. The van der Waals surface area contributed by atoms with Gasteiger partial charge in [0.05, 0.1) is 15.9 Å². The van der Waals surface area contributed by atoms with Gasteiger partial charge in [-0.05, 0) is 18.2 Å². The molecule has 0 saturated heterocycles. The van der Waals surface area contributed by atoms with Crippen LogP contribution in [0.25, 0.3) is 0 Å². The van der Waals surface area contributed by atoms with E-state index in [1.807, 2.05) is 0 Å². The van der Waals surface area contributed by atoms with Crippen LogP contribution >= 0.6 is 27.5 Å². The summed E-state index contributed by atoms with van der Waals surface area (Å²) < 4.78 is 36.7. The molecule has 0 aliphatic carbocycles. The highest BCUT2D eigenvalue weighted by molar-refractivity contribution is 9.09. The normalized spacial score (nSPS) is 10.7. The van der Waals surface area contributed by atoms with Gasteiger partial charge in [-0.1, -0.05) is 39.4 Å². The van der Waals surface area contributed by atoms with Gasteiger partial charge in [-0.15, -0.1) is 0 Å². The number of benzene rings is 1. The summed E-state index contributed by atoms with van der Waals surface area (Å²) in [6.07, 6.45) is -4.37. The maximum atomic E-state index is 12.2. The van der Waals surface area contributed by atoms with Crippen molar-refractivity contribution in [3.05, 3.63) is 34.3 Å². The number of alkyl halides is 4. The third kappa shape index (κ3) is 3.44. The summed E-state index contributed by atoms with van der Waals surface area (Å²) in [4.78, 5) is 0. The Labute approximate surface area is 98.6 Å². The van der Waals surface area contributed by atoms with E-state index in [2.05, 4.69) is 27.8 Å². The number of rotatable bonds is 0. The topological polar surface area (TPSA) is 0 Å². The van der Waals surface area contributed by atoms with Crippen LogP contribution in [0.2, 0.25) is 5.02 Å². The molecule has 0 aliphatic heterocycles. The van der Waals surface area contributed by atoms with Crippen molar-refractivity contribution < 1.29 is 13.2 Å². The number of hydrogen-bond donors (Lipinski definition) is 0. The van der Waals surface area contributed by atoms with Gasteiger partial charge >= 0.3 is 6.18 Å². The molecule has 0 heterocycles. The van der Waals surface area contributed by atoms with Crippen molar-refractivity contribution in [3.63, 3.8) is 0 Å². The highest BCUT2D eigenvalue weighted by Crippen LogP contribution is 2.31. The molecule has 0 spiro atoms. The molecule has 80 valence electrons. The molecule has 5 heteroatoms. The minimum absolute atomic E-state index is 0.0123. The van der Waals surface area contributed by atoms with Gasteiger partial charge in [0.1, 0.15) is 0 Å². The third-order valence-electron chi connectivity index (χ3n) is 1.59. The molecule has 1 aromatic carbocycles. The molecule has 0 radical (unpaired) electrons. The molecule has 0 fully saturated rings. The second kappa shape index (κ2) is 4.91. The molecule has 0 nitrogen and oxygen atoms in total. The Balaban J connectivity index is 3.09. The molecule has 0 aliphatic rings. The van der Waals surface area contributed by atoms with E-state index in [1.165, 1.54) is 6.07 Å². The lowest BCUT2D eigenvalue weighted by Gasteiger charge is -2.07. The zero-order valence-corrected chi connectivity index (χ0v) is 9.67. The molecule has 1 aromatic rings. The van der Waals surface area contributed by atoms with Crippen LogP contribution in [0, 0.1) is 11.8 Å². The lowest BCUT2D eigenvalue weighted by atomic mass is 10.1. The van der Waals surface area contributed by atoms with Crippen molar-refractivity contribution >= 4 is 27.5 Å². The van der Waals surface area contributed by atoms with Crippen molar-refractivity contribution in [3.8, 4) is 11.8 Å². The van der Waals surface area contributed by atoms with Gasteiger partial charge in [0.2, 0.25) is 0 Å². The standard InChI is InChI=1S/C10H5BrClF3/c11-5-1-2-7-3-4-8(6-9(7)12)10(13,14)15/h3-4,6H,5H2. The Morgan fingerprint density at radius 3 is 2.47 bits per heavy atom. The summed E-state index contributed by atoms with van der Waals surface area (Å²) >= 11 is 8.73. The highest BCUT2D eigenvalue weighted by atomic mass is 79.9. The molecule has 0 N–H and O–H groups in total. The van der Waals surface area contributed by atoms with Gasteiger partial charge in [0, 0.05) is 5.56 Å². The molecular formula is C10H5BrClF3. The summed E-state index contributed by atoms with van der Waals surface area (Å²) in [7, 11) is 0. The summed E-state index contributed by atoms with van der Waals surface area (Å²) in [5, 5.41) is 0.461. The van der Waals surface area contributed by atoms with E-state index in [1.54, 1.807) is 0 Å². The van der Waals surface area contributed by atoms with Crippen molar-refractivity contribution in [1.82, 2.24) is 0 Å². The average molecular weight is 298 g/mol. The van der Waals surface area contributed by atoms with Gasteiger partial charge in [0.25, 0.3) is 0 Å². The average Bonchev–Trinajstić information content (AvgIpc) is 2.14. The first-order valence-corrected chi connectivity index (χ1v) is 5.36. The Morgan fingerprint density at radius 2 is 2.00 bits per heavy atom. The molecule has 0 unspecified atom stereocenters. The smallest absolute Gasteiger partial charge is 0.166 e. The van der Waals surface area contributed by atoms with Gasteiger partial charge in [-0.2, -0.15) is 13.2 Å². The van der Waals surface area contributed by atoms with Gasteiger partial charge in [-0.25, -0.2) is 0 Å². The predicted octanol–water partition coefficient (Wildman–Crippen LogP) is 4.11. The van der Waals surface area contributed by atoms with Crippen LogP contribution in [-0.4, -0.2) is 5.33 Å². The summed E-state index contributed by atoms with van der Waals surface area (Å²) in [6.45, 7) is 0. The summed E-state index contributed by atoms with van der Waals surface area (Å²) in [5.41, 5.74) is -0.374. The molecular weight excluding hydrogens is 292 g/mol. The van der Waals surface area contributed by atoms with Gasteiger partial charge in [-0.3, -0.25) is 0 Å². The number of halogens is 5. The molecule has 0 amide bonds. The molecule has 15 heavy (non-hydrogen) atoms. The van der Waals surface area contributed by atoms with Crippen LogP contribution in [0.15, 0.2) is 18.2 Å². The van der Waals surface area contributed by atoms with Crippen LogP contribution in [-0.2, 0) is 6.18 Å². The van der Waals surface area contributed by atoms with Crippen molar-refractivity contribution in [2.75, 3.05) is 5.33 Å². The Bertz CT molecular complexity index is 415. The van der Waals surface area contributed by atoms with Gasteiger partial charge < -0.3 is 0 Å². The van der Waals surface area contributed by atoms with Crippen molar-refractivity contribution in [2.45, 2.75) is 6.18 Å². The number of hydrogen-bond acceptors (Lipinski definition) is 0. The highest BCUT2D eigenvalue weighted by Gasteiger charge is 2.30. The first-order chi connectivity index (χ1) is 6.95. The van der Waals surface area contributed by atoms with E-state index in [9.17, 15) is 13.2 Å². The van der Waals surface area contributed by atoms with Crippen LogP contribution in [0.1, 0.15) is 11.1 Å². The molecule has 0 saturated carbocycles. The second-order valence-electron chi connectivity index (χ2n) is 2.63. The SMILES string of the molecule is FC(F)(F)c1ccc(C#CCBr)c(Cl)c1. The first-order valence-electron chi connectivity index (χ1n) is 3.86. The monoisotopic (exact) mass is 296 g/mol. The second-order valence-corrected chi connectivity index (χ2v) is 3.60. The van der Waals surface area contributed by atoms with E-state index < -0.39 is 11.7 Å². The van der Waals surface area contributed by atoms with E-state index in [4.69, 9.17) is 11.6 Å². The molecule has 0 aromatic heterocycles. The van der Waals surface area contributed by atoms with Crippen molar-refractivity contribution in [2.24, 2.45) is 0 Å². The quantitative estimate of drug-likeness (QED) is 0.499. The van der Waals surface area contributed by atoms with Crippen LogP contribution in [0.5, 0.6) is 0 Å². The van der Waals surface area contributed by atoms with Gasteiger partial charge in [0.15, 0.2) is 0 Å². The fraction of sp³-hybridized carbons (Fsp3) is 0.200. The fourth-order valence-electron chi connectivity index (χ4n) is 0.921. The minimum Gasteiger partial charge on any atom is -0.166 e. The predicted molar refractivity (Wildman–Crippen MR) is 57.1 cm³/mol. The van der Waals surface area contributed by atoms with E-state index in [-0.39, 0.29) is 5.02 Å². The molecule has 0 bridgehead atoms.